The summed E-state index contributed by atoms with van der Waals surface area (Å²) in [4.78, 5) is 16.2. The Hall–Kier alpha value is -3.98. The summed E-state index contributed by atoms with van der Waals surface area (Å²) in [6.07, 6.45) is 9.30. The van der Waals surface area contributed by atoms with Crippen LogP contribution >= 0.6 is 0 Å². The molecule has 31 heavy (non-hydrogen) atoms. The number of imidazole rings is 1. The van der Waals surface area contributed by atoms with E-state index in [1.807, 2.05) is 53.5 Å². The lowest BCUT2D eigenvalue weighted by atomic mass is 10.1. The summed E-state index contributed by atoms with van der Waals surface area (Å²) in [5.41, 5.74) is 4.42. The molecule has 1 saturated heterocycles. The fraction of sp³-hybridized carbons (Fsp3) is 0.182. The lowest BCUT2D eigenvalue weighted by Gasteiger charge is -2.27. The minimum Gasteiger partial charge on any atom is -0.378 e. The molecule has 4 aromatic heterocycles. The molecule has 1 fully saturated rings. The Morgan fingerprint density at radius 1 is 1.03 bits per heavy atom. The molecule has 0 atom stereocenters. The number of hydrogen-bond donors (Lipinski definition) is 2. The third-order valence-corrected chi connectivity index (χ3v) is 5.46. The molecule has 5 aromatic rings. The summed E-state index contributed by atoms with van der Waals surface area (Å²) >= 11 is 0. The first kappa shape index (κ1) is 17.8. The minimum absolute atomic E-state index is 0.674. The van der Waals surface area contributed by atoms with Crippen LogP contribution in [-0.4, -0.2) is 55.9 Å². The molecule has 5 heterocycles. The van der Waals surface area contributed by atoms with Crippen LogP contribution in [0.15, 0.2) is 61.3 Å². The first-order valence-electron chi connectivity index (χ1n) is 10.2. The summed E-state index contributed by atoms with van der Waals surface area (Å²) in [5.74, 6) is 1.63. The molecule has 9 nitrogen and oxygen atoms in total. The summed E-state index contributed by atoms with van der Waals surface area (Å²) in [6.45, 7) is 3.19. The van der Waals surface area contributed by atoms with Crippen molar-refractivity contribution in [2.24, 2.45) is 0 Å². The molecular formula is C22H20N8O. The second-order valence-electron chi connectivity index (χ2n) is 7.43. The van der Waals surface area contributed by atoms with E-state index in [-0.39, 0.29) is 0 Å². The van der Waals surface area contributed by atoms with E-state index in [1.54, 1.807) is 6.20 Å². The average Bonchev–Trinajstić information content (AvgIpc) is 3.49. The summed E-state index contributed by atoms with van der Waals surface area (Å²) in [6, 6.07) is 10.2. The molecule has 9 heteroatoms. The SMILES string of the molecule is c1cn2cc(-c3ccc4cn[nH]c4c3)nc(Nc3ccc(N4CCOCC4)nc3)c2n1. The summed E-state index contributed by atoms with van der Waals surface area (Å²) in [5, 5.41) is 11.6. The first-order valence-corrected chi connectivity index (χ1v) is 10.2. The van der Waals surface area contributed by atoms with Gasteiger partial charge in [-0.25, -0.2) is 15.0 Å². The zero-order valence-electron chi connectivity index (χ0n) is 16.7. The normalized spacial score (nSPS) is 14.4. The lowest BCUT2D eigenvalue weighted by Crippen LogP contribution is -2.36. The molecule has 1 aliphatic heterocycles. The van der Waals surface area contributed by atoms with E-state index in [0.29, 0.717) is 5.82 Å². The van der Waals surface area contributed by atoms with Crippen LogP contribution in [0.3, 0.4) is 0 Å². The highest BCUT2D eigenvalue weighted by molar-refractivity contribution is 5.84. The van der Waals surface area contributed by atoms with E-state index in [2.05, 4.69) is 36.4 Å². The van der Waals surface area contributed by atoms with Crippen LogP contribution in [0, 0.1) is 0 Å². The number of pyridine rings is 1. The van der Waals surface area contributed by atoms with Gasteiger partial charge in [0.2, 0.25) is 0 Å². The van der Waals surface area contributed by atoms with Gasteiger partial charge < -0.3 is 19.4 Å². The number of anilines is 3. The van der Waals surface area contributed by atoms with Gasteiger partial charge >= 0.3 is 0 Å². The van der Waals surface area contributed by atoms with Crippen LogP contribution in [0.4, 0.5) is 17.3 Å². The predicted octanol–water partition coefficient (Wildman–Crippen LogP) is 3.25. The molecule has 0 radical (unpaired) electrons. The fourth-order valence-electron chi connectivity index (χ4n) is 3.83. The highest BCUT2D eigenvalue weighted by atomic mass is 16.5. The number of ether oxygens (including phenoxy) is 1. The molecule has 0 unspecified atom stereocenters. The van der Waals surface area contributed by atoms with Gasteiger partial charge in [-0.2, -0.15) is 5.10 Å². The molecule has 2 N–H and O–H groups in total. The van der Waals surface area contributed by atoms with Crippen LogP contribution in [0.2, 0.25) is 0 Å². The Bertz CT molecular complexity index is 1350. The van der Waals surface area contributed by atoms with Gasteiger partial charge in [-0.3, -0.25) is 5.10 Å². The zero-order valence-corrected chi connectivity index (χ0v) is 16.7. The van der Waals surface area contributed by atoms with Crippen LogP contribution in [0.1, 0.15) is 0 Å². The van der Waals surface area contributed by atoms with E-state index in [4.69, 9.17) is 9.72 Å². The van der Waals surface area contributed by atoms with Crippen molar-refractivity contribution in [1.29, 1.82) is 0 Å². The smallest absolute Gasteiger partial charge is 0.180 e. The number of aromatic nitrogens is 6. The van der Waals surface area contributed by atoms with Gasteiger partial charge in [0.25, 0.3) is 0 Å². The van der Waals surface area contributed by atoms with E-state index < -0.39 is 0 Å². The van der Waals surface area contributed by atoms with Crippen molar-refractivity contribution in [1.82, 2.24) is 29.5 Å². The molecule has 0 saturated carbocycles. The van der Waals surface area contributed by atoms with Gasteiger partial charge in [-0.05, 0) is 18.2 Å². The third-order valence-electron chi connectivity index (χ3n) is 5.46. The number of H-pyrrole nitrogens is 1. The van der Waals surface area contributed by atoms with Crippen molar-refractivity contribution in [2.45, 2.75) is 0 Å². The monoisotopic (exact) mass is 412 g/mol. The molecular weight excluding hydrogens is 392 g/mol. The Balaban J connectivity index is 1.33. The Morgan fingerprint density at radius 2 is 1.97 bits per heavy atom. The van der Waals surface area contributed by atoms with Crippen LogP contribution < -0.4 is 10.2 Å². The van der Waals surface area contributed by atoms with Gasteiger partial charge in [0, 0.05) is 42.6 Å². The number of aromatic amines is 1. The van der Waals surface area contributed by atoms with Crippen LogP contribution in [0.25, 0.3) is 27.8 Å². The van der Waals surface area contributed by atoms with Crippen LogP contribution in [0.5, 0.6) is 0 Å². The number of hydrogen-bond acceptors (Lipinski definition) is 7. The number of nitrogens with zero attached hydrogens (tertiary/aromatic N) is 6. The molecule has 0 spiro atoms. The van der Waals surface area contributed by atoms with E-state index in [0.717, 1.165) is 65.6 Å². The van der Waals surface area contributed by atoms with Crippen molar-refractivity contribution in [3.8, 4) is 11.3 Å². The number of rotatable bonds is 4. The molecule has 1 aromatic carbocycles. The van der Waals surface area contributed by atoms with Crippen molar-refractivity contribution in [3.05, 3.63) is 61.3 Å². The molecule has 6 rings (SSSR count). The second-order valence-corrected chi connectivity index (χ2v) is 7.43. The standard InChI is InChI=1S/C22H20N8O/c1-2-16-12-25-28-18(16)11-15(1)19-14-30-6-5-23-22(30)21(27-19)26-17-3-4-20(24-13-17)29-7-9-31-10-8-29/h1-6,11-14H,7-10H2,(H,25,28)(H,26,27). The molecule has 0 bridgehead atoms. The van der Waals surface area contributed by atoms with Crippen molar-refractivity contribution < 1.29 is 4.74 Å². The Morgan fingerprint density at radius 3 is 2.84 bits per heavy atom. The topological polar surface area (TPSA) is 96.3 Å². The Labute approximate surface area is 177 Å². The molecule has 0 aliphatic carbocycles. The average molecular weight is 412 g/mol. The Kier molecular flexibility index (Phi) is 4.24. The van der Waals surface area contributed by atoms with E-state index in [9.17, 15) is 0 Å². The predicted molar refractivity (Wildman–Crippen MR) is 119 cm³/mol. The zero-order chi connectivity index (χ0) is 20.6. The maximum Gasteiger partial charge on any atom is 0.180 e. The largest absolute Gasteiger partial charge is 0.378 e. The number of morpholine rings is 1. The van der Waals surface area contributed by atoms with Gasteiger partial charge in [0.05, 0.1) is 42.5 Å². The fourth-order valence-corrected chi connectivity index (χ4v) is 3.83. The molecule has 1 aliphatic rings. The molecule has 0 amide bonds. The number of fused-ring (bicyclic) bond motifs is 2. The quantitative estimate of drug-likeness (QED) is 0.468. The van der Waals surface area contributed by atoms with Gasteiger partial charge in [0.15, 0.2) is 11.5 Å². The van der Waals surface area contributed by atoms with E-state index in [1.165, 1.54) is 0 Å². The van der Waals surface area contributed by atoms with Crippen molar-refractivity contribution in [2.75, 3.05) is 36.5 Å². The van der Waals surface area contributed by atoms with E-state index >= 15 is 0 Å². The lowest BCUT2D eigenvalue weighted by molar-refractivity contribution is 0.122. The van der Waals surface area contributed by atoms with Crippen molar-refractivity contribution in [3.63, 3.8) is 0 Å². The highest BCUT2D eigenvalue weighted by Gasteiger charge is 2.13. The number of benzene rings is 1. The highest BCUT2D eigenvalue weighted by Crippen LogP contribution is 2.27. The molecule has 154 valence electrons. The second kappa shape index (κ2) is 7.37. The maximum atomic E-state index is 5.42. The maximum absolute atomic E-state index is 5.42. The first-order chi connectivity index (χ1) is 15.3. The van der Waals surface area contributed by atoms with Gasteiger partial charge in [0.1, 0.15) is 5.82 Å². The van der Waals surface area contributed by atoms with Crippen molar-refractivity contribution >= 4 is 33.9 Å². The third kappa shape index (κ3) is 3.34. The number of nitrogens with one attached hydrogen (secondary N) is 2. The van der Waals surface area contributed by atoms with Gasteiger partial charge in [-0.1, -0.05) is 12.1 Å². The summed E-state index contributed by atoms with van der Waals surface area (Å²) < 4.78 is 7.39. The van der Waals surface area contributed by atoms with Crippen LogP contribution in [-0.2, 0) is 4.74 Å². The van der Waals surface area contributed by atoms with Gasteiger partial charge in [-0.15, -0.1) is 0 Å². The summed E-state index contributed by atoms with van der Waals surface area (Å²) in [7, 11) is 0. The minimum atomic E-state index is 0.674.